The molecule has 0 saturated carbocycles. The third-order valence-corrected chi connectivity index (χ3v) is 3.72. The van der Waals surface area contributed by atoms with Crippen molar-refractivity contribution in [1.82, 2.24) is 0 Å². The smallest absolute Gasteiger partial charge is 0.343 e. The van der Waals surface area contributed by atoms with Crippen LogP contribution in [0.3, 0.4) is 0 Å². The number of hydrogen-bond donors (Lipinski definition) is 4. The third kappa shape index (κ3) is 3.72. The maximum absolute atomic E-state index is 12.4. The van der Waals surface area contributed by atoms with Gasteiger partial charge in [-0.15, -0.1) is 0 Å². The lowest BCUT2D eigenvalue weighted by Crippen LogP contribution is -2.20. The Morgan fingerprint density at radius 1 is 0.846 bits per heavy atom. The van der Waals surface area contributed by atoms with Crippen LogP contribution in [0.2, 0.25) is 0 Å². The first-order valence-corrected chi connectivity index (χ1v) is 7.77. The van der Waals surface area contributed by atoms with Crippen molar-refractivity contribution in [2.24, 2.45) is 5.41 Å². The zero-order valence-electron chi connectivity index (χ0n) is 14.8. The van der Waals surface area contributed by atoms with Crippen LogP contribution in [-0.2, 0) is 0 Å². The minimum atomic E-state index is -0.946. The van der Waals surface area contributed by atoms with Gasteiger partial charge in [-0.25, -0.2) is 4.79 Å². The number of aromatic hydroxyl groups is 4. The van der Waals surface area contributed by atoms with Crippen LogP contribution in [0.5, 0.6) is 28.7 Å². The third-order valence-electron chi connectivity index (χ3n) is 3.72. The predicted octanol–water partition coefficient (Wildman–Crippen LogP) is 3.27. The SMILES string of the molecule is Cc1cc(C(=O)Oc2cc(C(=O)C(C)(C)C)cc(O)c2O)cc(O)c1O. The molecule has 4 N–H and O–H groups in total. The Balaban J connectivity index is 2.42. The van der Waals surface area contributed by atoms with Gasteiger partial charge >= 0.3 is 5.97 Å². The van der Waals surface area contributed by atoms with Gasteiger partial charge < -0.3 is 25.2 Å². The maximum atomic E-state index is 12.4. The summed E-state index contributed by atoms with van der Waals surface area (Å²) in [4.78, 5) is 24.6. The second-order valence-corrected chi connectivity index (χ2v) is 6.97. The molecule has 0 unspecified atom stereocenters. The summed E-state index contributed by atoms with van der Waals surface area (Å²) in [6, 6.07) is 4.55. The predicted molar refractivity (Wildman–Crippen MR) is 93.0 cm³/mol. The number of carbonyl (C=O) groups excluding carboxylic acids is 2. The molecule has 7 heteroatoms. The van der Waals surface area contributed by atoms with Gasteiger partial charge in [0.15, 0.2) is 28.8 Å². The van der Waals surface area contributed by atoms with Crippen LogP contribution in [-0.4, -0.2) is 32.2 Å². The van der Waals surface area contributed by atoms with E-state index in [1.54, 1.807) is 20.8 Å². The largest absolute Gasteiger partial charge is 0.504 e. The molecular weight excluding hydrogens is 340 g/mol. The zero-order chi connectivity index (χ0) is 19.8. The molecule has 2 rings (SSSR count). The lowest BCUT2D eigenvalue weighted by atomic mass is 9.86. The van der Waals surface area contributed by atoms with Crippen LogP contribution in [0.1, 0.15) is 47.1 Å². The van der Waals surface area contributed by atoms with Gasteiger partial charge in [0.1, 0.15) is 0 Å². The Labute approximate surface area is 150 Å². The Hall–Kier alpha value is -3.22. The van der Waals surface area contributed by atoms with E-state index in [0.29, 0.717) is 0 Å². The van der Waals surface area contributed by atoms with Crippen LogP contribution in [0.4, 0.5) is 0 Å². The first kappa shape index (κ1) is 19.1. The van der Waals surface area contributed by atoms with Crippen LogP contribution in [0, 0.1) is 12.3 Å². The van der Waals surface area contributed by atoms with Crippen LogP contribution in [0.15, 0.2) is 24.3 Å². The summed E-state index contributed by atoms with van der Waals surface area (Å²) in [5.74, 6) is -3.81. The first-order chi connectivity index (χ1) is 11.9. The van der Waals surface area contributed by atoms with Crippen molar-refractivity contribution < 1.29 is 34.8 Å². The fraction of sp³-hybridized carbons (Fsp3) is 0.263. The highest BCUT2D eigenvalue weighted by Gasteiger charge is 2.26. The molecule has 0 aliphatic heterocycles. The van der Waals surface area contributed by atoms with E-state index in [0.717, 1.165) is 18.2 Å². The molecule has 0 aliphatic rings. The average Bonchev–Trinajstić information content (AvgIpc) is 2.54. The molecule has 0 saturated heterocycles. The summed E-state index contributed by atoms with van der Waals surface area (Å²) < 4.78 is 5.07. The Kier molecular flexibility index (Phi) is 4.84. The molecule has 0 amide bonds. The van der Waals surface area contributed by atoms with Crippen molar-refractivity contribution in [1.29, 1.82) is 0 Å². The summed E-state index contributed by atoms with van der Waals surface area (Å²) in [6.07, 6.45) is 0. The maximum Gasteiger partial charge on any atom is 0.343 e. The standard InChI is InChI=1S/C19H20O7/c1-9-5-11(7-12(20)15(9)22)18(25)26-14-8-10(6-13(21)16(14)23)17(24)19(2,3)4/h5-8,20-23H,1-4H3. The number of ether oxygens (including phenoxy) is 1. The second kappa shape index (κ2) is 6.59. The number of phenols is 4. The molecule has 0 heterocycles. The molecule has 0 spiro atoms. The minimum Gasteiger partial charge on any atom is -0.504 e. The zero-order valence-corrected chi connectivity index (χ0v) is 14.8. The highest BCUT2D eigenvalue weighted by Crippen LogP contribution is 2.39. The van der Waals surface area contributed by atoms with Crippen molar-refractivity contribution >= 4 is 11.8 Å². The minimum absolute atomic E-state index is 0.0698. The van der Waals surface area contributed by atoms with Crippen molar-refractivity contribution in [3.05, 3.63) is 41.0 Å². The fourth-order valence-electron chi connectivity index (χ4n) is 2.27. The van der Waals surface area contributed by atoms with E-state index in [-0.39, 0.29) is 28.2 Å². The second-order valence-electron chi connectivity index (χ2n) is 6.97. The summed E-state index contributed by atoms with van der Waals surface area (Å²) >= 11 is 0. The summed E-state index contributed by atoms with van der Waals surface area (Å²) in [5.41, 5.74) is -0.505. The average molecular weight is 360 g/mol. The van der Waals surface area contributed by atoms with Crippen molar-refractivity contribution in [2.75, 3.05) is 0 Å². The van der Waals surface area contributed by atoms with Gasteiger partial charge in [-0.1, -0.05) is 20.8 Å². The van der Waals surface area contributed by atoms with Crippen LogP contribution >= 0.6 is 0 Å². The number of esters is 1. The van der Waals surface area contributed by atoms with Gasteiger partial charge in [0.05, 0.1) is 5.56 Å². The summed E-state index contributed by atoms with van der Waals surface area (Å²) in [5, 5.41) is 38.9. The van der Waals surface area contributed by atoms with E-state index in [9.17, 15) is 30.0 Å². The number of rotatable bonds is 3. The fourth-order valence-corrected chi connectivity index (χ4v) is 2.27. The lowest BCUT2D eigenvalue weighted by Gasteiger charge is -2.18. The highest BCUT2D eigenvalue weighted by molar-refractivity contribution is 6.01. The number of hydrogen-bond acceptors (Lipinski definition) is 7. The van der Waals surface area contributed by atoms with E-state index in [4.69, 9.17) is 4.74 Å². The van der Waals surface area contributed by atoms with Crippen LogP contribution in [0.25, 0.3) is 0 Å². The van der Waals surface area contributed by atoms with Gasteiger partial charge in [-0.3, -0.25) is 4.79 Å². The van der Waals surface area contributed by atoms with Crippen molar-refractivity contribution in [3.8, 4) is 28.7 Å². The van der Waals surface area contributed by atoms with Gasteiger partial charge in [-0.2, -0.15) is 0 Å². The molecular formula is C19H20O7. The van der Waals surface area contributed by atoms with E-state index >= 15 is 0 Å². The first-order valence-electron chi connectivity index (χ1n) is 7.77. The normalized spacial score (nSPS) is 11.2. The molecule has 0 bridgehead atoms. The molecule has 26 heavy (non-hydrogen) atoms. The van der Waals surface area contributed by atoms with E-state index < -0.39 is 34.4 Å². The molecule has 138 valence electrons. The van der Waals surface area contributed by atoms with Crippen LogP contribution < -0.4 is 4.74 Å². The number of aryl methyl sites for hydroxylation is 1. The quantitative estimate of drug-likeness (QED) is 0.286. The lowest BCUT2D eigenvalue weighted by molar-refractivity contribution is 0.0726. The topological polar surface area (TPSA) is 124 Å². The Morgan fingerprint density at radius 3 is 1.92 bits per heavy atom. The van der Waals surface area contributed by atoms with E-state index in [2.05, 4.69) is 0 Å². The molecule has 2 aromatic rings. The number of benzene rings is 2. The number of carbonyl (C=O) groups is 2. The Morgan fingerprint density at radius 2 is 1.38 bits per heavy atom. The molecule has 0 aromatic heterocycles. The molecule has 0 fully saturated rings. The Bertz CT molecular complexity index is 868. The molecule has 0 radical (unpaired) electrons. The molecule has 2 aromatic carbocycles. The van der Waals surface area contributed by atoms with Gasteiger partial charge in [0, 0.05) is 11.0 Å². The van der Waals surface area contributed by atoms with Gasteiger partial charge in [0.25, 0.3) is 0 Å². The monoisotopic (exact) mass is 360 g/mol. The van der Waals surface area contributed by atoms with E-state index in [1.807, 2.05) is 0 Å². The molecule has 0 atom stereocenters. The number of ketones is 1. The highest BCUT2D eigenvalue weighted by atomic mass is 16.5. The van der Waals surface area contributed by atoms with Crippen molar-refractivity contribution in [3.63, 3.8) is 0 Å². The number of phenolic OH excluding ortho intramolecular Hbond substituents is 4. The number of Topliss-reactive ketones (excluding diaryl/α,β-unsaturated/α-hetero) is 1. The van der Waals surface area contributed by atoms with Gasteiger partial charge in [0.2, 0.25) is 5.75 Å². The van der Waals surface area contributed by atoms with Crippen molar-refractivity contribution in [2.45, 2.75) is 27.7 Å². The molecule has 0 aliphatic carbocycles. The summed E-state index contributed by atoms with van der Waals surface area (Å²) in [6.45, 7) is 6.55. The molecule has 7 nitrogen and oxygen atoms in total. The van der Waals surface area contributed by atoms with E-state index in [1.165, 1.54) is 13.0 Å². The summed E-state index contributed by atoms with van der Waals surface area (Å²) in [7, 11) is 0. The van der Waals surface area contributed by atoms with Gasteiger partial charge in [-0.05, 0) is 36.8 Å².